The molecular weight excluding hydrogens is 78.0 g/mol. The number of nitrogens with zero attached hydrogens (tertiary/aromatic N) is 1. The lowest BCUT2D eigenvalue weighted by atomic mass is 10.7. The first-order valence-corrected chi connectivity index (χ1v) is 2.23. The molecule has 0 aromatic rings. The van der Waals surface area contributed by atoms with Gasteiger partial charge in [-0.2, -0.15) is 0 Å². The van der Waals surface area contributed by atoms with Gasteiger partial charge >= 0.3 is 0 Å². The van der Waals surface area contributed by atoms with E-state index in [1.54, 1.807) is 6.92 Å². The van der Waals surface area contributed by atoms with Crippen LogP contribution in [-0.4, -0.2) is 29.3 Å². The minimum atomic E-state index is -0.204. The molecule has 1 heterocycles. The third kappa shape index (κ3) is 0.698. The van der Waals surface area contributed by atoms with E-state index in [0.717, 1.165) is 13.1 Å². The third-order valence-electron chi connectivity index (χ3n) is 1.01. The highest BCUT2D eigenvalue weighted by molar-refractivity contribution is 4.71. The van der Waals surface area contributed by atoms with Crippen LogP contribution in [0.1, 0.15) is 6.92 Å². The van der Waals surface area contributed by atoms with E-state index in [1.807, 2.05) is 4.90 Å². The third-order valence-corrected chi connectivity index (χ3v) is 1.01. The Kier molecular flexibility index (Phi) is 0.821. The monoisotopic (exact) mass is 87.1 g/mol. The normalized spacial score (nSPS) is 27.0. The number of hydrogen-bond donors (Lipinski definition) is 1. The zero-order valence-corrected chi connectivity index (χ0v) is 3.89. The highest BCUT2D eigenvalue weighted by Crippen LogP contribution is 2.05. The molecule has 0 aromatic carbocycles. The number of aliphatic hydroxyl groups excluding tert-OH is 1. The van der Waals surface area contributed by atoms with Crippen LogP contribution in [0, 0.1) is 0 Å². The van der Waals surface area contributed by atoms with Gasteiger partial charge in [-0.1, -0.05) is 0 Å². The Bertz CT molecular complexity index is 49.5. The molecule has 0 aliphatic carbocycles. The Morgan fingerprint density at radius 3 is 2.17 bits per heavy atom. The first-order chi connectivity index (χ1) is 2.80. The quantitative estimate of drug-likeness (QED) is 0.441. The second-order valence-corrected chi connectivity index (χ2v) is 1.67. The van der Waals surface area contributed by atoms with Crippen molar-refractivity contribution in [1.82, 2.24) is 4.90 Å². The zero-order valence-electron chi connectivity index (χ0n) is 3.89. The van der Waals surface area contributed by atoms with Gasteiger partial charge in [-0.3, -0.25) is 4.90 Å². The molecule has 0 bridgehead atoms. The summed E-state index contributed by atoms with van der Waals surface area (Å²) in [6.45, 7) is 3.95. The molecule has 2 heteroatoms. The van der Waals surface area contributed by atoms with E-state index < -0.39 is 0 Å². The van der Waals surface area contributed by atoms with E-state index in [2.05, 4.69) is 0 Å². The molecule has 1 fully saturated rings. The summed E-state index contributed by atoms with van der Waals surface area (Å²) < 4.78 is 0. The molecule has 1 rings (SSSR count). The average molecular weight is 87.1 g/mol. The number of rotatable bonds is 1. The van der Waals surface area contributed by atoms with Crippen molar-refractivity contribution in [2.45, 2.75) is 13.2 Å². The number of aliphatic hydroxyl groups is 1. The topological polar surface area (TPSA) is 23.2 Å². The molecule has 36 valence electrons. The van der Waals surface area contributed by atoms with Gasteiger partial charge in [0, 0.05) is 13.1 Å². The summed E-state index contributed by atoms with van der Waals surface area (Å²) in [5.74, 6) is 0. The average Bonchev–Trinajstić information content (AvgIpc) is 2.06. The van der Waals surface area contributed by atoms with Gasteiger partial charge in [0.15, 0.2) is 0 Å². The summed E-state index contributed by atoms with van der Waals surface area (Å²) in [6.07, 6.45) is -0.204. The van der Waals surface area contributed by atoms with Crippen molar-refractivity contribution in [3.8, 4) is 0 Å². The zero-order chi connectivity index (χ0) is 4.57. The first kappa shape index (κ1) is 4.09. The van der Waals surface area contributed by atoms with E-state index in [0.29, 0.717) is 0 Å². The molecular formula is C4H9NO. The summed E-state index contributed by atoms with van der Waals surface area (Å²) in [6, 6.07) is 0. The Hall–Kier alpha value is -0.0800. The molecule has 0 radical (unpaired) electrons. The van der Waals surface area contributed by atoms with Crippen molar-refractivity contribution in [3.05, 3.63) is 0 Å². The van der Waals surface area contributed by atoms with Gasteiger partial charge in [-0.25, -0.2) is 0 Å². The van der Waals surface area contributed by atoms with E-state index in [4.69, 9.17) is 5.11 Å². The Balaban J connectivity index is 2.13. The smallest absolute Gasteiger partial charge is 0.104 e. The maximum atomic E-state index is 8.62. The molecule has 1 aliphatic rings. The van der Waals surface area contributed by atoms with Crippen LogP contribution in [0.3, 0.4) is 0 Å². The second-order valence-electron chi connectivity index (χ2n) is 1.67. The lowest BCUT2D eigenvalue weighted by molar-refractivity contribution is 0.0993. The van der Waals surface area contributed by atoms with E-state index in [9.17, 15) is 0 Å². The van der Waals surface area contributed by atoms with Gasteiger partial charge in [-0.05, 0) is 6.92 Å². The van der Waals surface area contributed by atoms with Gasteiger partial charge in [0.05, 0.1) is 0 Å². The predicted octanol–water partition coefficient (Wildman–Crippen LogP) is -0.360. The summed E-state index contributed by atoms with van der Waals surface area (Å²) >= 11 is 0. The van der Waals surface area contributed by atoms with Gasteiger partial charge < -0.3 is 5.11 Å². The van der Waals surface area contributed by atoms with Crippen LogP contribution in [0.15, 0.2) is 0 Å². The Labute approximate surface area is 37.4 Å². The highest BCUT2D eigenvalue weighted by Gasteiger charge is 2.20. The van der Waals surface area contributed by atoms with Crippen LogP contribution < -0.4 is 0 Å². The summed E-state index contributed by atoms with van der Waals surface area (Å²) in [4.78, 5) is 1.97. The van der Waals surface area contributed by atoms with Crippen LogP contribution in [0.5, 0.6) is 0 Å². The minimum absolute atomic E-state index is 0.204. The molecule has 1 aliphatic heterocycles. The molecule has 1 N–H and O–H groups in total. The fourth-order valence-corrected chi connectivity index (χ4v) is 0.431. The number of hydrogen-bond acceptors (Lipinski definition) is 2. The van der Waals surface area contributed by atoms with E-state index >= 15 is 0 Å². The second kappa shape index (κ2) is 1.21. The molecule has 1 atom stereocenters. The molecule has 0 unspecified atom stereocenters. The van der Waals surface area contributed by atoms with Crippen LogP contribution in [0.25, 0.3) is 0 Å². The van der Waals surface area contributed by atoms with Crippen LogP contribution in [-0.2, 0) is 0 Å². The van der Waals surface area contributed by atoms with Crippen molar-refractivity contribution in [2.24, 2.45) is 0 Å². The van der Waals surface area contributed by atoms with E-state index in [-0.39, 0.29) is 6.23 Å². The van der Waals surface area contributed by atoms with Crippen molar-refractivity contribution < 1.29 is 5.11 Å². The maximum Gasteiger partial charge on any atom is 0.104 e. The molecule has 6 heavy (non-hydrogen) atoms. The molecule has 0 amide bonds. The van der Waals surface area contributed by atoms with E-state index in [1.165, 1.54) is 0 Å². The van der Waals surface area contributed by atoms with Gasteiger partial charge in [0.25, 0.3) is 0 Å². The lowest BCUT2D eigenvalue weighted by Crippen LogP contribution is -2.11. The van der Waals surface area contributed by atoms with Crippen LogP contribution >= 0.6 is 0 Å². The maximum absolute atomic E-state index is 8.62. The Morgan fingerprint density at radius 2 is 2.17 bits per heavy atom. The van der Waals surface area contributed by atoms with Crippen LogP contribution in [0.2, 0.25) is 0 Å². The van der Waals surface area contributed by atoms with Crippen molar-refractivity contribution in [2.75, 3.05) is 13.1 Å². The minimum Gasteiger partial charge on any atom is -0.379 e. The van der Waals surface area contributed by atoms with Gasteiger partial charge in [-0.15, -0.1) is 0 Å². The Morgan fingerprint density at radius 1 is 1.67 bits per heavy atom. The van der Waals surface area contributed by atoms with Crippen molar-refractivity contribution >= 4 is 0 Å². The molecule has 0 spiro atoms. The summed E-state index contributed by atoms with van der Waals surface area (Å²) in [5, 5.41) is 8.62. The highest BCUT2D eigenvalue weighted by atomic mass is 16.3. The summed E-state index contributed by atoms with van der Waals surface area (Å²) in [7, 11) is 0. The molecule has 0 saturated carbocycles. The van der Waals surface area contributed by atoms with Gasteiger partial charge in [0.2, 0.25) is 0 Å². The molecule has 1 saturated heterocycles. The molecule has 0 aromatic heterocycles. The standard InChI is InChI=1S/C4H9NO/c1-4(6)5-2-3-5/h4,6H,2-3H2,1H3/t4-/m1/s1. The van der Waals surface area contributed by atoms with Crippen molar-refractivity contribution in [1.29, 1.82) is 0 Å². The lowest BCUT2D eigenvalue weighted by Gasteiger charge is -1.99. The van der Waals surface area contributed by atoms with Crippen LogP contribution in [0.4, 0.5) is 0 Å². The summed E-state index contributed by atoms with van der Waals surface area (Å²) in [5.41, 5.74) is 0. The molecule has 2 nitrogen and oxygen atoms in total. The predicted molar refractivity (Wildman–Crippen MR) is 23.3 cm³/mol. The fraction of sp³-hybridized carbons (Fsp3) is 1.00. The van der Waals surface area contributed by atoms with Crippen molar-refractivity contribution in [3.63, 3.8) is 0 Å². The SMILES string of the molecule is C[C@@H](O)N1CC1. The fourth-order valence-electron chi connectivity index (χ4n) is 0.431. The first-order valence-electron chi connectivity index (χ1n) is 2.23. The van der Waals surface area contributed by atoms with Gasteiger partial charge in [0.1, 0.15) is 6.23 Å². The largest absolute Gasteiger partial charge is 0.379 e.